The third-order valence-corrected chi connectivity index (χ3v) is 1.55. The SMILES string of the molecule is NC(=C[N+](=O)[O-])C1CNCCO1. The summed E-state index contributed by atoms with van der Waals surface area (Å²) in [5.74, 6) is 0. The number of hydrogen-bond acceptors (Lipinski definition) is 5. The molecule has 3 N–H and O–H groups in total. The van der Waals surface area contributed by atoms with Gasteiger partial charge in [-0.25, -0.2) is 0 Å². The quantitative estimate of drug-likeness (QED) is 0.415. The predicted molar refractivity (Wildman–Crippen MR) is 41.9 cm³/mol. The summed E-state index contributed by atoms with van der Waals surface area (Å²) in [6, 6.07) is 0. The molecule has 0 aromatic rings. The molecule has 0 radical (unpaired) electrons. The van der Waals surface area contributed by atoms with E-state index < -0.39 is 4.92 Å². The Morgan fingerprint density at radius 1 is 1.83 bits per heavy atom. The average Bonchev–Trinajstić information content (AvgIpc) is 2.05. The fourth-order valence-corrected chi connectivity index (χ4v) is 0.984. The average molecular weight is 173 g/mol. The van der Waals surface area contributed by atoms with Crippen LogP contribution in [0, 0.1) is 10.1 Å². The zero-order valence-electron chi connectivity index (χ0n) is 6.53. The van der Waals surface area contributed by atoms with E-state index >= 15 is 0 Å². The van der Waals surface area contributed by atoms with Crippen molar-refractivity contribution in [2.45, 2.75) is 6.10 Å². The van der Waals surface area contributed by atoms with Gasteiger partial charge in [-0.1, -0.05) is 0 Å². The van der Waals surface area contributed by atoms with Crippen molar-refractivity contribution in [2.75, 3.05) is 19.7 Å². The first kappa shape index (κ1) is 8.95. The summed E-state index contributed by atoms with van der Waals surface area (Å²) < 4.78 is 5.18. The van der Waals surface area contributed by atoms with Gasteiger partial charge in [-0.15, -0.1) is 0 Å². The minimum Gasteiger partial charge on any atom is -0.395 e. The summed E-state index contributed by atoms with van der Waals surface area (Å²) in [4.78, 5) is 9.45. The number of nitrogens with one attached hydrogen (secondary N) is 1. The lowest BCUT2D eigenvalue weighted by molar-refractivity contribution is -0.404. The maximum atomic E-state index is 10.0. The normalized spacial score (nSPS) is 25.3. The number of nitro groups is 1. The minimum atomic E-state index is -0.576. The molecule has 0 aromatic heterocycles. The van der Waals surface area contributed by atoms with Gasteiger partial charge in [-0.2, -0.15) is 0 Å². The number of rotatable bonds is 2. The molecule has 0 amide bonds. The molecule has 68 valence electrons. The number of morpholine rings is 1. The Bertz CT molecular complexity index is 198. The second-order valence-electron chi connectivity index (χ2n) is 2.48. The first-order valence-corrected chi connectivity index (χ1v) is 3.63. The van der Waals surface area contributed by atoms with Crippen molar-refractivity contribution < 1.29 is 9.66 Å². The molecule has 0 spiro atoms. The van der Waals surface area contributed by atoms with E-state index in [1.54, 1.807) is 0 Å². The zero-order chi connectivity index (χ0) is 8.97. The fraction of sp³-hybridized carbons (Fsp3) is 0.667. The standard InChI is InChI=1S/C6H11N3O3/c7-5(4-9(10)11)6-3-8-1-2-12-6/h4,6,8H,1-3,7H2. The van der Waals surface area contributed by atoms with E-state index in [1.165, 1.54) is 0 Å². The summed E-state index contributed by atoms with van der Waals surface area (Å²) in [7, 11) is 0. The monoisotopic (exact) mass is 173 g/mol. The highest BCUT2D eigenvalue weighted by Gasteiger charge is 2.17. The van der Waals surface area contributed by atoms with E-state index in [2.05, 4.69) is 5.32 Å². The lowest BCUT2D eigenvalue weighted by atomic mass is 10.2. The molecule has 0 aliphatic carbocycles. The number of nitrogens with two attached hydrogens (primary N) is 1. The van der Waals surface area contributed by atoms with Crippen molar-refractivity contribution in [3.05, 3.63) is 22.0 Å². The molecule has 6 heteroatoms. The van der Waals surface area contributed by atoms with Gasteiger partial charge in [0, 0.05) is 13.1 Å². The van der Waals surface area contributed by atoms with Crippen LogP contribution in [0.2, 0.25) is 0 Å². The molecule has 1 unspecified atom stereocenters. The molecule has 6 nitrogen and oxygen atoms in total. The summed E-state index contributed by atoms with van der Waals surface area (Å²) in [6.45, 7) is 1.84. The van der Waals surface area contributed by atoms with Crippen molar-refractivity contribution in [2.24, 2.45) is 5.73 Å². The largest absolute Gasteiger partial charge is 0.395 e. The van der Waals surface area contributed by atoms with Crippen LogP contribution < -0.4 is 11.1 Å². The number of ether oxygens (including phenoxy) is 1. The van der Waals surface area contributed by atoms with E-state index in [9.17, 15) is 10.1 Å². The highest BCUT2D eigenvalue weighted by Crippen LogP contribution is 2.02. The maximum Gasteiger partial charge on any atom is 0.255 e. The molecule has 1 heterocycles. The van der Waals surface area contributed by atoms with Crippen LogP contribution in [0.25, 0.3) is 0 Å². The summed E-state index contributed by atoms with van der Waals surface area (Å²) in [5.41, 5.74) is 5.56. The molecule has 1 atom stereocenters. The van der Waals surface area contributed by atoms with Gasteiger partial charge in [0.25, 0.3) is 6.20 Å². The molecule has 0 bridgehead atoms. The van der Waals surface area contributed by atoms with E-state index in [0.29, 0.717) is 13.2 Å². The van der Waals surface area contributed by atoms with Gasteiger partial charge in [-0.3, -0.25) is 10.1 Å². The second-order valence-corrected chi connectivity index (χ2v) is 2.48. The van der Waals surface area contributed by atoms with Crippen LogP contribution in [0.3, 0.4) is 0 Å². The second kappa shape index (κ2) is 4.03. The molecule has 1 rings (SSSR count). The third-order valence-electron chi connectivity index (χ3n) is 1.55. The summed E-state index contributed by atoms with van der Waals surface area (Å²) in [6.07, 6.45) is 0.418. The Morgan fingerprint density at radius 2 is 2.58 bits per heavy atom. The lowest BCUT2D eigenvalue weighted by Crippen LogP contribution is -2.41. The first-order chi connectivity index (χ1) is 5.70. The van der Waals surface area contributed by atoms with Crippen LogP contribution in [0.15, 0.2) is 11.9 Å². The fourth-order valence-electron chi connectivity index (χ4n) is 0.984. The highest BCUT2D eigenvalue weighted by molar-refractivity contribution is 5.01. The molecule has 0 saturated carbocycles. The Kier molecular flexibility index (Phi) is 3.01. The van der Waals surface area contributed by atoms with Gasteiger partial charge in [-0.05, 0) is 0 Å². The zero-order valence-corrected chi connectivity index (χ0v) is 6.53. The molecule has 1 aliphatic rings. The topological polar surface area (TPSA) is 90.4 Å². The van der Waals surface area contributed by atoms with Crippen molar-refractivity contribution in [3.63, 3.8) is 0 Å². The summed E-state index contributed by atoms with van der Waals surface area (Å²) in [5, 5.41) is 13.0. The first-order valence-electron chi connectivity index (χ1n) is 3.63. The van der Waals surface area contributed by atoms with Crippen molar-refractivity contribution in [1.82, 2.24) is 5.32 Å². The van der Waals surface area contributed by atoms with Gasteiger partial charge in [0.05, 0.1) is 11.5 Å². The Labute approximate surface area is 69.5 Å². The van der Waals surface area contributed by atoms with Crippen molar-refractivity contribution >= 4 is 0 Å². The Balaban J connectivity index is 2.49. The minimum absolute atomic E-state index is 0.159. The Hall–Kier alpha value is -1.14. The van der Waals surface area contributed by atoms with Crippen molar-refractivity contribution in [3.8, 4) is 0 Å². The maximum absolute atomic E-state index is 10.0. The van der Waals surface area contributed by atoms with E-state index in [0.717, 1.165) is 12.7 Å². The van der Waals surface area contributed by atoms with Crippen LogP contribution in [-0.2, 0) is 4.74 Å². The molecule has 1 aliphatic heterocycles. The third kappa shape index (κ3) is 2.48. The van der Waals surface area contributed by atoms with Crippen LogP contribution in [-0.4, -0.2) is 30.7 Å². The van der Waals surface area contributed by atoms with Gasteiger partial charge in [0.2, 0.25) is 0 Å². The van der Waals surface area contributed by atoms with Crippen molar-refractivity contribution in [1.29, 1.82) is 0 Å². The van der Waals surface area contributed by atoms with Gasteiger partial charge < -0.3 is 15.8 Å². The van der Waals surface area contributed by atoms with E-state index in [-0.39, 0.29) is 11.8 Å². The Morgan fingerprint density at radius 3 is 3.08 bits per heavy atom. The lowest BCUT2D eigenvalue weighted by Gasteiger charge is -2.22. The molecule has 1 fully saturated rings. The molecule has 0 aromatic carbocycles. The molecule has 12 heavy (non-hydrogen) atoms. The van der Waals surface area contributed by atoms with Gasteiger partial charge in [0.1, 0.15) is 11.8 Å². The highest BCUT2D eigenvalue weighted by atomic mass is 16.6. The number of nitrogens with zero attached hydrogens (tertiary/aromatic N) is 1. The van der Waals surface area contributed by atoms with Crippen LogP contribution in [0.1, 0.15) is 0 Å². The van der Waals surface area contributed by atoms with Gasteiger partial charge in [0.15, 0.2) is 0 Å². The van der Waals surface area contributed by atoms with Crippen LogP contribution in [0.5, 0.6) is 0 Å². The molecular formula is C6H11N3O3. The van der Waals surface area contributed by atoms with Crippen LogP contribution in [0.4, 0.5) is 0 Å². The molecule has 1 saturated heterocycles. The summed E-state index contributed by atoms with van der Waals surface area (Å²) >= 11 is 0. The van der Waals surface area contributed by atoms with Crippen LogP contribution >= 0.6 is 0 Å². The predicted octanol–water partition coefficient (Wildman–Crippen LogP) is -0.948. The smallest absolute Gasteiger partial charge is 0.255 e. The van der Waals surface area contributed by atoms with E-state index in [1.807, 2.05) is 0 Å². The number of hydrogen-bond donors (Lipinski definition) is 2. The van der Waals surface area contributed by atoms with Gasteiger partial charge >= 0.3 is 0 Å². The molecular weight excluding hydrogens is 162 g/mol. The van der Waals surface area contributed by atoms with E-state index in [4.69, 9.17) is 10.5 Å².